The van der Waals surface area contributed by atoms with Gasteiger partial charge in [0.2, 0.25) is 0 Å². The molecule has 2 rings (SSSR count). The van der Waals surface area contributed by atoms with Crippen LogP contribution in [0, 0.1) is 6.92 Å². The second kappa shape index (κ2) is 9.75. The molecule has 0 saturated heterocycles. The molecule has 1 aromatic heterocycles. The molecule has 2 N–H and O–H groups in total. The van der Waals surface area contributed by atoms with Crippen LogP contribution < -0.4 is 15.5 Å². The predicted octanol–water partition coefficient (Wildman–Crippen LogP) is 4.10. The van der Waals surface area contributed by atoms with Gasteiger partial charge in [0.15, 0.2) is 0 Å². The Hall–Kier alpha value is -2.63. The monoisotopic (exact) mass is 355 g/mol. The van der Waals surface area contributed by atoms with E-state index in [2.05, 4.69) is 52.3 Å². The molecule has 0 bridgehead atoms. The van der Waals surface area contributed by atoms with Crippen LogP contribution in [0.2, 0.25) is 0 Å². The van der Waals surface area contributed by atoms with Crippen molar-refractivity contribution in [1.29, 1.82) is 0 Å². The lowest BCUT2D eigenvalue weighted by atomic mass is 10.1. The van der Waals surface area contributed by atoms with Gasteiger partial charge in [0.25, 0.3) is 5.91 Å². The van der Waals surface area contributed by atoms with Gasteiger partial charge in [-0.2, -0.15) is 0 Å². The largest absolute Gasteiger partial charge is 0.372 e. The molecule has 140 valence electrons. The maximum absolute atomic E-state index is 12.5. The SMILES string of the molecule is CCCCNc1cc(C(=O)Nc2ccc(N(CC)CC)cc2C)ncn1. The summed E-state index contributed by atoms with van der Waals surface area (Å²) in [5.74, 6) is 0.442. The maximum atomic E-state index is 12.5. The number of unbranched alkanes of at least 4 members (excludes halogenated alkanes) is 1. The number of carbonyl (C=O) groups is 1. The molecule has 0 radical (unpaired) electrons. The van der Waals surface area contributed by atoms with Crippen molar-refractivity contribution in [3.8, 4) is 0 Å². The number of carbonyl (C=O) groups excluding carboxylic acids is 1. The average Bonchev–Trinajstić information content (AvgIpc) is 2.65. The van der Waals surface area contributed by atoms with E-state index in [1.54, 1.807) is 6.07 Å². The third kappa shape index (κ3) is 5.18. The minimum Gasteiger partial charge on any atom is -0.372 e. The Labute approximate surface area is 156 Å². The minimum atomic E-state index is -0.232. The molecule has 0 saturated carbocycles. The zero-order valence-corrected chi connectivity index (χ0v) is 16.2. The lowest BCUT2D eigenvalue weighted by Crippen LogP contribution is -2.22. The first kappa shape index (κ1) is 19.7. The maximum Gasteiger partial charge on any atom is 0.274 e. The molecule has 0 aliphatic heterocycles. The molecule has 1 amide bonds. The van der Waals surface area contributed by atoms with Gasteiger partial charge in [-0.15, -0.1) is 0 Å². The first-order valence-electron chi connectivity index (χ1n) is 9.31. The van der Waals surface area contributed by atoms with E-state index in [1.807, 2.05) is 19.1 Å². The highest BCUT2D eigenvalue weighted by molar-refractivity contribution is 6.03. The van der Waals surface area contributed by atoms with Crippen molar-refractivity contribution in [3.63, 3.8) is 0 Å². The average molecular weight is 355 g/mol. The van der Waals surface area contributed by atoms with Gasteiger partial charge in [-0.25, -0.2) is 9.97 Å². The van der Waals surface area contributed by atoms with Crippen molar-refractivity contribution < 1.29 is 4.79 Å². The van der Waals surface area contributed by atoms with Crippen LogP contribution in [0.3, 0.4) is 0 Å². The molecule has 6 heteroatoms. The smallest absolute Gasteiger partial charge is 0.274 e. The first-order valence-corrected chi connectivity index (χ1v) is 9.31. The fourth-order valence-corrected chi connectivity index (χ4v) is 2.73. The molecule has 1 heterocycles. The summed E-state index contributed by atoms with van der Waals surface area (Å²) in [5.41, 5.74) is 3.34. The van der Waals surface area contributed by atoms with Gasteiger partial charge in [-0.3, -0.25) is 4.79 Å². The summed E-state index contributed by atoms with van der Waals surface area (Å²) in [6.45, 7) is 11.1. The van der Waals surface area contributed by atoms with E-state index in [0.29, 0.717) is 11.5 Å². The standard InChI is InChI=1S/C20H29N5O/c1-5-8-11-21-19-13-18(22-14-23-19)20(26)24-17-10-9-16(12-15(17)4)25(6-2)7-3/h9-10,12-14H,5-8,11H2,1-4H3,(H,24,26)(H,21,22,23). The number of nitrogens with zero attached hydrogens (tertiary/aromatic N) is 3. The van der Waals surface area contributed by atoms with E-state index in [0.717, 1.165) is 49.4 Å². The van der Waals surface area contributed by atoms with Crippen LogP contribution in [0.25, 0.3) is 0 Å². The van der Waals surface area contributed by atoms with Gasteiger partial charge in [0.1, 0.15) is 17.8 Å². The van der Waals surface area contributed by atoms with Crippen molar-refractivity contribution in [3.05, 3.63) is 41.9 Å². The fourth-order valence-electron chi connectivity index (χ4n) is 2.73. The zero-order chi connectivity index (χ0) is 18.9. The summed E-state index contributed by atoms with van der Waals surface area (Å²) in [5, 5.41) is 6.16. The van der Waals surface area contributed by atoms with Crippen LogP contribution in [0.5, 0.6) is 0 Å². The van der Waals surface area contributed by atoms with Gasteiger partial charge in [0.05, 0.1) is 0 Å². The number of rotatable bonds is 9. The Morgan fingerprint density at radius 3 is 2.54 bits per heavy atom. The summed E-state index contributed by atoms with van der Waals surface area (Å²) < 4.78 is 0. The molecule has 0 unspecified atom stereocenters. The van der Waals surface area contributed by atoms with Gasteiger partial charge in [-0.05, 0) is 51.0 Å². The molecule has 6 nitrogen and oxygen atoms in total. The van der Waals surface area contributed by atoms with Crippen molar-refractivity contribution >= 4 is 23.1 Å². The Morgan fingerprint density at radius 1 is 1.12 bits per heavy atom. The van der Waals surface area contributed by atoms with E-state index in [1.165, 1.54) is 6.33 Å². The molecule has 26 heavy (non-hydrogen) atoms. The Morgan fingerprint density at radius 2 is 1.88 bits per heavy atom. The summed E-state index contributed by atoms with van der Waals surface area (Å²) in [6.07, 6.45) is 3.58. The second-order valence-corrected chi connectivity index (χ2v) is 6.19. The Balaban J connectivity index is 2.08. The van der Waals surface area contributed by atoms with Crippen molar-refractivity contribution in [2.45, 2.75) is 40.5 Å². The van der Waals surface area contributed by atoms with Crippen molar-refractivity contribution in [1.82, 2.24) is 9.97 Å². The number of amides is 1. The number of benzene rings is 1. The van der Waals surface area contributed by atoms with E-state index < -0.39 is 0 Å². The second-order valence-electron chi connectivity index (χ2n) is 6.19. The zero-order valence-electron chi connectivity index (χ0n) is 16.2. The topological polar surface area (TPSA) is 70.2 Å². The molecule has 0 spiro atoms. The number of hydrogen-bond donors (Lipinski definition) is 2. The molecule has 2 aromatic rings. The van der Waals surface area contributed by atoms with Crippen LogP contribution in [0.15, 0.2) is 30.6 Å². The van der Waals surface area contributed by atoms with Gasteiger partial charge < -0.3 is 15.5 Å². The van der Waals surface area contributed by atoms with Gasteiger partial charge in [0, 0.05) is 37.1 Å². The number of hydrogen-bond acceptors (Lipinski definition) is 5. The number of aryl methyl sites for hydroxylation is 1. The van der Waals surface area contributed by atoms with Crippen LogP contribution in [0.1, 0.15) is 49.7 Å². The van der Waals surface area contributed by atoms with E-state index in [-0.39, 0.29) is 5.91 Å². The van der Waals surface area contributed by atoms with Crippen LogP contribution in [0.4, 0.5) is 17.2 Å². The summed E-state index contributed by atoms with van der Waals surface area (Å²) in [6, 6.07) is 7.76. The van der Waals surface area contributed by atoms with Gasteiger partial charge in [-0.1, -0.05) is 13.3 Å². The predicted molar refractivity (Wildman–Crippen MR) is 108 cm³/mol. The highest BCUT2D eigenvalue weighted by Gasteiger charge is 2.12. The normalized spacial score (nSPS) is 10.5. The van der Waals surface area contributed by atoms with Gasteiger partial charge >= 0.3 is 0 Å². The summed E-state index contributed by atoms with van der Waals surface area (Å²) >= 11 is 0. The van der Waals surface area contributed by atoms with Crippen molar-refractivity contribution in [2.75, 3.05) is 35.2 Å². The Bertz CT molecular complexity index is 728. The van der Waals surface area contributed by atoms with Crippen LogP contribution >= 0.6 is 0 Å². The summed E-state index contributed by atoms with van der Waals surface area (Å²) in [7, 11) is 0. The lowest BCUT2D eigenvalue weighted by molar-refractivity contribution is 0.102. The van der Waals surface area contributed by atoms with E-state index >= 15 is 0 Å². The number of aromatic nitrogens is 2. The van der Waals surface area contributed by atoms with Crippen LogP contribution in [-0.4, -0.2) is 35.5 Å². The lowest BCUT2D eigenvalue weighted by Gasteiger charge is -2.22. The molecule has 0 aliphatic carbocycles. The van der Waals surface area contributed by atoms with E-state index in [9.17, 15) is 4.79 Å². The number of anilines is 3. The highest BCUT2D eigenvalue weighted by atomic mass is 16.1. The molecule has 0 atom stereocenters. The summed E-state index contributed by atoms with van der Waals surface area (Å²) in [4.78, 5) is 23.1. The molecular weight excluding hydrogens is 326 g/mol. The quantitative estimate of drug-likeness (QED) is 0.663. The first-order chi connectivity index (χ1) is 12.6. The van der Waals surface area contributed by atoms with Crippen molar-refractivity contribution in [2.24, 2.45) is 0 Å². The molecular formula is C20H29N5O. The Kier molecular flexibility index (Phi) is 7.38. The van der Waals surface area contributed by atoms with E-state index in [4.69, 9.17) is 0 Å². The third-order valence-corrected chi connectivity index (χ3v) is 4.32. The molecule has 0 aliphatic rings. The molecule has 0 fully saturated rings. The van der Waals surface area contributed by atoms with Crippen LogP contribution in [-0.2, 0) is 0 Å². The minimum absolute atomic E-state index is 0.232. The fraction of sp³-hybridized carbons (Fsp3) is 0.450. The molecule has 1 aromatic carbocycles. The highest BCUT2D eigenvalue weighted by Crippen LogP contribution is 2.23. The third-order valence-electron chi connectivity index (χ3n) is 4.32. The number of nitrogens with one attached hydrogen (secondary N) is 2.